The van der Waals surface area contributed by atoms with Gasteiger partial charge in [-0.15, -0.1) is 11.3 Å². The van der Waals surface area contributed by atoms with Crippen LogP contribution in [-0.4, -0.2) is 32.3 Å². The van der Waals surface area contributed by atoms with Crippen LogP contribution in [0.5, 0.6) is 5.75 Å². The molecule has 4 rings (SSSR count). The Balaban J connectivity index is 1.72. The number of carbonyl (C=O) groups excluding carboxylic acids is 1. The zero-order valence-corrected chi connectivity index (χ0v) is 18.8. The molecule has 9 heteroatoms. The van der Waals surface area contributed by atoms with E-state index in [0.717, 1.165) is 4.88 Å². The van der Waals surface area contributed by atoms with Gasteiger partial charge in [-0.1, -0.05) is 19.9 Å². The molecule has 0 aliphatic carbocycles. The average Bonchev–Trinajstić information content (AvgIpc) is 3.44. The molecular formula is C23H23N5O3S. The number of amides is 1. The van der Waals surface area contributed by atoms with E-state index in [0.29, 0.717) is 35.1 Å². The summed E-state index contributed by atoms with van der Waals surface area (Å²) in [6, 6.07) is 14.0. The molecule has 8 nitrogen and oxygen atoms in total. The van der Waals surface area contributed by atoms with Gasteiger partial charge >= 0.3 is 0 Å². The first kappa shape index (κ1) is 21.5. The predicted octanol–water partition coefficient (Wildman–Crippen LogP) is 4.46. The van der Waals surface area contributed by atoms with Gasteiger partial charge in [0.2, 0.25) is 5.95 Å². The third-order valence-corrected chi connectivity index (χ3v) is 5.59. The molecule has 0 fully saturated rings. The van der Waals surface area contributed by atoms with Crippen LogP contribution in [0, 0.1) is 0 Å². The maximum absolute atomic E-state index is 12.9. The first-order valence-electron chi connectivity index (χ1n) is 10.2. The lowest BCUT2D eigenvalue weighted by molar-refractivity contribution is 0.102. The quantitative estimate of drug-likeness (QED) is 0.434. The second-order valence-corrected chi connectivity index (χ2v) is 8.31. The van der Waals surface area contributed by atoms with Gasteiger partial charge in [-0.2, -0.15) is 9.78 Å². The summed E-state index contributed by atoms with van der Waals surface area (Å²) < 4.78 is 6.89. The summed E-state index contributed by atoms with van der Waals surface area (Å²) in [6.07, 6.45) is 0. The van der Waals surface area contributed by atoms with Crippen molar-refractivity contribution in [1.29, 1.82) is 0 Å². The van der Waals surface area contributed by atoms with Crippen molar-refractivity contribution in [2.75, 3.05) is 11.9 Å². The van der Waals surface area contributed by atoms with E-state index in [2.05, 4.69) is 20.4 Å². The Bertz CT molecular complexity index is 1270. The molecule has 0 aliphatic rings. The number of nitrogens with zero attached hydrogens (tertiary/aromatic N) is 3. The molecule has 0 unspecified atom stereocenters. The molecule has 0 atom stereocenters. The number of anilines is 1. The molecule has 1 aromatic carbocycles. The summed E-state index contributed by atoms with van der Waals surface area (Å²) in [7, 11) is 0. The summed E-state index contributed by atoms with van der Waals surface area (Å²) in [4.78, 5) is 33.4. The van der Waals surface area contributed by atoms with Crippen molar-refractivity contribution in [3.8, 4) is 22.3 Å². The lowest BCUT2D eigenvalue weighted by atomic mass is 10.1. The van der Waals surface area contributed by atoms with E-state index in [1.165, 1.54) is 22.1 Å². The topological polar surface area (TPSA) is 102 Å². The third-order valence-electron chi connectivity index (χ3n) is 4.69. The number of carbonyl (C=O) groups is 1. The fraction of sp³-hybridized carbons (Fsp3) is 0.217. The van der Waals surface area contributed by atoms with Crippen LogP contribution in [0.15, 0.2) is 58.7 Å². The van der Waals surface area contributed by atoms with Crippen molar-refractivity contribution >= 4 is 23.1 Å². The molecule has 0 radical (unpaired) electrons. The van der Waals surface area contributed by atoms with Crippen molar-refractivity contribution < 1.29 is 9.53 Å². The molecule has 3 heterocycles. The Hall–Kier alpha value is -3.72. The second-order valence-electron chi connectivity index (χ2n) is 7.36. The number of aromatic nitrogens is 4. The van der Waals surface area contributed by atoms with Crippen LogP contribution in [0.3, 0.4) is 0 Å². The van der Waals surface area contributed by atoms with Crippen molar-refractivity contribution in [2.45, 2.75) is 26.7 Å². The van der Waals surface area contributed by atoms with Crippen LogP contribution in [0.25, 0.3) is 16.5 Å². The fourth-order valence-corrected chi connectivity index (χ4v) is 3.77. The summed E-state index contributed by atoms with van der Waals surface area (Å²) in [5.41, 5.74) is 1.49. The second kappa shape index (κ2) is 9.19. The lowest BCUT2D eigenvalue weighted by Gasteiger charge is -2.10. The standard InChI is InChI=1S/C23H23N5O3S/c1-4-31-16-9-7-15(8-10-16)22(30)25-20-12-18(19-6-5-11-32-19)27-28(20)23-24-17(14(2)3)13-21(29)26-23/h5-14H,4H2,1-3H3,(H,25,30)(H,24,26,29). The van der Waals surface area contributed by atoms with Crippen LogP contribution < -0.4 is 15.6 Å². The largest absolute Gasteiger partial charge is 0.494 e. The van der Waals surface area contributed by atoms with Crippen molar-refractivity contribution in [3.63, 3.8) is 0 Å². The molecule has 4 aromatic rings. The van der Waals surface area contributed by atoms with Crippen molar-refractivity contribution in [2.24, 2.45) is 0 Å². The monoisotopic (exact) mass is 449 g/mol. The van der Waals surface area contributed by atoms with Gasteiger partial charge in [-0.25, -0.2) is 4.98 Å². The average molecular weight is 450 g/mol. The maximum Gasteiger partial charge on any atom is 0.256 e. The zero-order chi connectivity index (χ0) is 22.7. The molecule has 1 amide bonds. The van der Waals surface area contributed by atoms with Crippen molar-refractivity contribution in [3.05, 3.63) is 75.5 Å². The van der Waals surface area contributed by atoms with E-state index in [1.807, 2.05) is 38.3 Å². The van der Waals surface area contributed by atoms with Crippen LogP contribution in [0.4, 0.5) is 5.82 Å². The molecular weight excluding hydrogens is 426 g/mol. The van der Waals surface area contributed by atoms with Gasteiger partial charge in [0.15, 0.2) is 0 Å². The number of nitrogens with one attached hydrogen (secondary N) is 2. The van der Waals surface area contributed by atoms with Crippen LogP contribution in [0.1, 0.15) is 42.7 Å². The molecule has 0 saturated heterocycles. The Kier molecular flexibility index (Phi) is 6.18. The van der Waals surface area contributed by atoms with E-state index in [1.54, 1.807) is 30.3 Å². The highest BCUT2D eigenvalue weighted by Crippen LogP contribution is 2.28. The maximum atomic E-state index is 12.9. The highest BCUT2D eigenvalue weighted by molar-refractivity contribution is 7.13. The summed E-state index contributed by atoms with van der Waals surface area (Å²) >= 11 is 1.53. The van der Waals surface area contributed by atoms with Crippen LogP contribution in [-0.2, 0) is 0 Å². The van der Waals surface area contributed by atoms with E-state index in [9.17, 15) is 9.59 Å². The zero-order valence-electron chi connectivity index (χ0n) is 18.0. The van der Waals surface area contributed by atoms with E-state index in [-0.39, 0.29) is 23.3 Å². The van der Waals surface area contributed by atoms with Crippen molar-refractivity contribution in [1.82, 2.24) is 19.7 Å². The van der Waals surface area contributed by atoms with E-state index < -0.39 is 0 Å². The summed E-state index contributed by atoms with van der Waals surface area (Å²) in [6.45, 7) is 6.37. The van der Waals surface area contributed by atoms with Gasteiger partial charge in [0.05, 0.1) is 17.2 Å². The van der Waals surface area contributed by atoms with Gasteiger partial charge in [0.25, 0.3) is 11.5 Å². The third kappa shape index (κ3) is 4.62. The first-order valence-corrected chi connectivity index (χ1v) is 11.1. The molecule has 32 heavy (non-hydrogen) atoms. The SMILES string of the molecule is CCOc1ccc(C(=O)Nc2cc(-c3cccs3)nn2-c2nc(C(C)C)cc(=O)[nH]2)cc1. The Morgan fingerprint density at radius 2 is 2.00 bits per heavy atom. The van der Waals surface area contributed by atoms with Gasteiger partial charge < -0.3 is 10.1 Å². The fourth-order valence-electron chi connectivity index (χ4n) is 3.09. The number of hydrogen-bond acceptors (Lipinski definition) is 6. The molecule has 0 aliphatic heterocycles. The number of thiophene rings is 1. The number of rotatable bonds is 7. The Morgan fingerprint density at radius 3 is 2.66 bits per heavy atom. The molecule has 0 bridgehead atoms. The molecule has 0 spiro atoms. The highest BCUT2D eigenvalue weighted by Gasteiger charge is 2.18. The highest BCUT2D eigenvalue weighted by atomic mass is 32.1. The Labute approximate surface area is 188 Å². The minimum Gasteiger partial charge on any atom is -0.494 e. The number of hydrogen-bond donors (Lipinski definition) is 2. The minimum atomic E-state index is -0.311. The van der Waals surface area contributed by atoms with Crippen LogP contribution >= 0.6 is 11.3 Å². The van der Waals surface area contributed by atoms with E-state index in [4.69, 9.17) is 4.74 Å². The molecule has 0 saturated carbocycles. The normalized spacial score (nSPS) is 11.0. The van der Waals surface area contributed by atoms with Gasteiger partial charge in [0, 0.05) is 17.7 Å². The number of H-pyrrole nitrogens is 1. The van der Waals surface area contributed by atoms with Gasteiger partial charge in [-0.3, -0.25) is 14.6 Å². The number of benzene rings is 1. The summed E-state index contributed by atoms with van der Waals surface area (Å²) in [5, 5.41) is 9.45. The smallest absolute Gasteiger partial charge is 0.256 e. The first-order chi connectivity index (χ1) is 15.4. The van der Waals surface area contributed by atoms with Gasteiger partial charge in [0.1, 0.15) is 17.3 Å². The minimum absolute atomic E-state index is 0.0604. The van der Waals surface area contributed by atoms with Gasteiger partial charge in [-0.05, 0) is 48.6 Å². The number of aromatic amines is 1. The molecule has 2 N–H and O–H groups in total. The van der Waals surface area contributed by atoms with Crippen LogP contribution in [0.2, 0.25) is 0 Å². The molecule has 164 valence electrons. The Morgan fingerprint density at radius 1 is 1.22 bits per heavy atom. The summed E-state index contributed by atoms with van der Waals surface area (Å²) in [5.74, 6) is 1.09. The lowest BCUT2D eigenvalue weighted by Crippen LogP contribution is -2.19. The van der Waals surface area contributed by atoms with E-state index >= 15 is 0 Å². The predicted molar refractivity (Wildman–Crippen MR) is 125 cm³/mol. The molecule has 3 aromatic heterocycles. The number of ether oxygens (including phenoxy) is 1.